The Bertz CT molecular complexity index is 952. The number of ether oxygens (including phenoxy) is 1. The number of allylic oxidation sites excluding steroid dienone is 3. The fourth-order valence-electron chi connectivity index (χ4n) is 6.27. The predicted octanol–water partition coefficient (Wildman–Crippen LogP) is 10.4. The Kier molecular flexibility index (Phi) is 37.1. The molecule has 0 aliphatic heterocycles. The van der Waals surface area contributed by atoms with Gasteiger partial charge in [0.1, 0.15) is 12.1 Å². The fraction of sp³-hybridized carbons (Fsp3) is 0.818. The molecule has 53 heavy (non-hydrogen) atoms. The summed E-state index contributed by atoms with van der Waals surface area (Å²) in [6.07, 6.45) is 42.8. The van der Waals surface area contributed by atoms with Gasteiger partial charge < -0.3 is 25.6 Å². The molecule has 0 fully saturated rings. The molecule has 2 amide bonds. The lowest BCUT2D eigenvalue weighted by atomic mass is 10.0. The Morgan fingerprint density at radius 1 is 0.566 bits per heavy atom. The standard InChI is InChI=1S/C44H80N2O7/c1-3-5-7-8-9-10-11-12-13-14-15-16-17-18-19-20-21-22-23-24-25-26-32-36-43(50)53-39(33-29-6-4-2)34-30-27-28-31-35-41(48)45-37-42(49)46-40(38-47)44(51)52/h14-15,29,33,39-40,47H,3-13,16-28,30-32,34-38H2,1-2H3,(H,45,48)(H,46,49)(H,51,52)/b15-14-,33-29-. The number of nitrogens with one attached hydrogen (secondary N) is 2. The van der Waals surface area contributed by atoms with Crippen molar-refractivity contribution in [3.05, 3.63) is 24.3 Å². The Balaban J connectivity index is 3.81. The average molecular weight is 749 g/mol. The largest absolute Gasteiger partial charge is 0.480 e. The molecule has 2 atom stereocenters. The Hall–Kier alpha value is -2.68. The molecule has 0 aliphatic carbocycles. The number of carboxylic acids is 1. The SMILES string of the molecule is CCC/C=C\C(CCCCCCC(=O)NCC(=O)NC(CO)C(=O)O)OC(=O)CCCCCCCCCCCCC/C=C\CCCCCCCCCC. The van der Waals surface area contributed by atoms with E-state index in [0.717, 1.165) is 51.4 Å². The van der Waals surface area contributed by atoms with Crippen molar-refractivity contribution in [2.24, 2.45) is 0 Å². The van der Waals surface area contributed by atoms with E-state index in [1.807, 2.05) is 6.08 Å². The molecule has 308 valence electrons. The van der Waals surface area contributed by atoms with Crippen molar-refractivity contribution in [1.82, 2.24) is 10.6 Å². The molecule has 0 spiro atoms. The molecule has 0 aliphatic rings. The van der Waals surface area contributed by atoms with Crippen LogP contribution in [-0.4, -0.2) is 59.3 Å². The molecule has 0 aromatic heterocycles. The lowest BCUT2D eigenvalue weighted by Crippen LogP contribution is -2.47. The number of unbranched alkanes of at least 4 members (excludes halogenated alkanes) is 23. The number of amides is 2. The number of aliphatic hydroxyl groups is 1. The van der Waals surface area contributed by atoms with E-state index in [1.165, 1.54) is 122 Å². The zero-order chi connectivity index (χ0) is 39.0. The van der Waals surface area contributed by atoms with E-state index < -0.39 is 24.5 Å². The maximum atomic E-state index is 12.6. The molecular weight excluding hydrogens is 668 g/mol. The predicted molar refractivity (Wildman–Crippen MR) is 218 cm³/mol. The van der Waals surface area contributed by atoms with E-state index in [2.05, 4.69) is 42.7 Å². The number of carboxylic acid groups (broad SMARTS) is 1. The first-order valence-corrected chi connectivity index (χ1v) is 21.7. The highest BCUT2D eigenvalue weighted by Gasteiger charge is 2.18. The lowest BCUT2D eigenvalue weighted by Gasteiger charge is -2.15. The maximum absolute atomic E-state index is 12.6. The van der Waals surface area contributed by atoms with Gasteiger partial charge in [0, 0.05) is 12.8 Å². The number of rotatable bonds is 39. The second-order valence-electron chi connectivity index (χ2n) is 14.8. The highest BCUT2D eigenvalue weighted by molar-refractivity contribution is 5.87. The monoisotopic (exact) mass is 749 g/mol. The van der Waals surface area contributed by atoms with Crippen molar-refractivity contribution in [2.75, 3.05) is 13.2 Å². The molecule has 0 radical (unpaired) electrons. The minimum absolute atomic E-state index is 0.121. The normalized spacial score (nSPS) is 12.7. The van der Waals surface area contributed by atoms with Crippen molar-refractivity contribution in [3.63, 3.8) is 0 Å². The van der Waals surface area contributed by atoms with E-state index in [0.29, 0.717) is 12.8 Å². The van der Waals surface area contributed by atoms with E-state index >= 15 is 0 Å². The van der Waals surface area contributed by atoms with Gasteiger partial charge >= 0.3 is 11.9 Å². The van der Waals surface area contributed by atoms with Crippen molar-refractivity contribution in [2.45, 2.75) is 219 Å². The second-order valence-corrected chi connectivity index (χ2v) is 14.8. The molecule has 2 unspecified atom stereocenters. The molecule has 9 nitrogen and oxygen atoms in total. The zero-order valence-corrected chi connectivity index (χ0v) is 34.0. The van der Waals surface area contributed by atoms with Gasteiger partial charge in [-0.15, -0.1) is 0 Å². The van der Waals surface area contributed by atoms with Gasteiger partial charge in [-0.2, -0.15) is 0 Å². The minimum atomic E-state index is -1.39. The first kappa shape index (κ1) is 50.3. The van der Waals surface area contributed by atoms with Crippen molar-refractivity contribution in [3.8, 4) is 0 Å². The Morgan fingerprint density at radius 2 is 1.06 bits per heavy atom. The molecule has 0 bridgehead atoms. The van der Waals surface area contributed by atoms with Crippen LogP contribution in [0.3, 0.4) is 0 Å². The van der Waals surface area contributed by atoms with Gasteiger partial charge in [0.15, 0.2) is 0 Å². The number of aliphatic carboxylic acids is 1. The van der Waals surface area contributed by atoms with Gasteiger partial charge in [0.05, 0.1) is 13.2 Å². The molecular formula is C44H80N2O7. The van der Waals surface area contributed by atoms with E-state index in [4.69, 9.17) is 14.9 Å². The smallest absolute Gasteiger partial charge is 0.328 e. The van der Waals surface area contributed by atoms with Crippen LogP contribution in [0.1, 0.15) is 206 Å². The van der Waals surface area contributed by atoms with Crippen LogP contribution in [0.15, 0.2) is 24.3 Å². The minimum Gasteiger partial charge on any atom is -0.480 e. The average Bonchev–Trinajstić information content (AvgIpc) is 3.14. The third-order valence-electron chi connectivity index (χ3n) is 9.64. The number of carbonyl (C=O) groups is 4. The first-order valence-electron chi connectivity index (χ1n) is 21.7. The van der Waals surface area contributed by atoms with Gasteiger partial charge in [-0.3, -0.25) is 14.4 Å². The molecule has 0 aromatic rings. The highest BCUT2D eigenvalue weighted by atomic mass is 16.5. The van der Waals surface area contributed by atoms with E-state index in [-0.39, 0.29) is 30.9 Å². The Labute approximate surface area is 324 Å². The van der Waals surface area contributed by atoms with Crippen molar-refractivity contribution in [1.29, 1.82) is 0 Å². The van der Waals surface area contributed by atoms with Gasteiger partial charge in [-0.05, 0) is 63.9 Å². The van der Waals surface area contributed by atoms with Crippen LogP contribution in [-0.2, 0) is 23.9 Å². The summed E-state index contributed by atoms with van der Waals surface area (Å²) in [4.78, 5) is 47.2. The number of hydrogen-bond acceptors (Lipinski definition) is 6. The lowest BCUT2D eigenvalue weighted by molar-refractivity contribution is -0.147. The molecule has 0 aromatic carbocycles. The van der Waals surface area contributed by atoms with Crippen molar-refractivity contribution < 1.29 is 34.1 Å². The summed E-state index contributed by atoms with van der Waals surface area (Å²) in [5.74, 6) is -2.41. The van der Waals surface area contributed by atoms with Crippen LogP contribution in [0.2, 0.25) is 0 Å². The molecule has 0 saturated carbocycles. The molecule has 0 heterocycles. The number of hydrogen-bond donors (Lipinski definition) is 4. The fourth-order valence-corrected chi connectivity index (χ4v) is 6.27. The molecule has 0 rings (SSSR count). The highest BCUT2D eigenvalue weighted by Crippen LogP contribution is 2.16. The van der Waals surface area contributed by atoms with E-state index in [9.17, 15) is 19.2 Å². The third-order valence-corrected chi connectivity index (χ3v) is 9.64. The number of esters is 1. The summed E-state index contributed by atoms with van der Waals surface area (Å²) < 4.78 is 5.81. The summed E-state index contributed by atoms with van der Waals surface area (Å²) in [7, 11) is 0. The van der Waals surface area contributed by atoms with Crippen LogP contribution in [0.25, 0.3) is 0 Å². The first-order chi connectivity index (χ1) is 25.8. The van der Waals surface area contributed by atoms with Gasteiger partial charge in [0.25, 0.3) is 0 Å². The van der Waals surface area contributed by atoms with Crippen LogP contribution in [0.4, 0.5) is 0 Å². The Morgan fingerprint density at radius 3 is 1.57 bits per heavy atom. The van der Waals surface area contributed by atoms with Crippen LogP contribution >= 0.6 is 0 Å². The van der Waals surface area contributed by atoms with Gasteiger partial charge in [-0.1, -0.05) is 154 Å². The summed E-state index contributed by atoms with van der Waals surface area (Å²) in [6, 6.07) is -1.39. The van der Waals surface area contributed by atoms with Crippen LogP contribution in [0, 0.1) is 0 Å². The quantitative estimate of drug-likeness (QED) is 0.0278. The van der Waals surface area contributed by atoms with Crippen LogP contribution < -0.4 is 10.6 Å². The second kappa shape index (κ2) is 39.0. The zero-order valence-electron chi connectivity index (χ0n) is 34.0. The van der Waals surface area contributed by atoms with Gasteiger partial charge in [-0.25, -0.2) is 4.79 Å². The summed E-state index contributed by atoms with van der Waals surface area (Å²) in [5, 5.41) is 22.4. The topological polar surface area (TPSA) is 142 Å². The number of carbonyl (C=O) groups excluding carboxylic acids is 3. The molecule has 9 heteroatoms. The summed E-state index contributed by atoms with van der Waals surface area (Å²) in [5.41, 5.74) is 0. The molecule has 0 saturated heterocycles. The maximum Gasteiger partial charge on any atom is 0.328 e. The van der Waals surface area contributed by atoms with Gasteiger partial charge in [0.2, 0.25) is 11.8 Å². The van der Waals surface area contributed by atoms with E-state index in [1.54, 1.807) is 0 Å². The number of aliphatic hydroxyl groups excluding tert-OH is 1. The third kappa shape index (κ3) is 36.1. The summed E-state index contributed by atoms with van der Waals surface area (Å²) >= 11 is 0. The van der Waals surface area contributed by atoms with Crippen molar-refractivity contribution >= 4 is 23.8 Å². The summed E-state index contributed by atoms with van der Waals surface area (Å²) in [6.45, 7) is 3.34. The van der Waals surface area contributed by atoms with Crippen LogP contribution in [0.5, 0.6) is 0 Å². The molecule has 4 N–H and O–H groups in total.